The van der Waals surface area contributed by atoms with Crippen molar-refractivity contribution >= 4 is 12.1 Å². The summed E-state index contributed by atoms with van der Waals surface area (Å²) < 4.78 is 19.3. The van der Waals surface area contributed by atoms with Crippen LogP contribution in [0.1, 0.15) is 34.6 Å². The molecule has 5 nitrogen and oxygen atoms in total. The van der Waals surface area contributed by atoms with E-state index in [1.165, 1.54) is 25.2 Å². The lowest BCUT2D eigenvalue weighted by molar-refractivity contribution is -0.150. The molecule has 0 aliphatic heterocycles. The smallest absolute Gasteiger partial charge is 0.410 e. The molecule has 3 aromatic carbocycles. The maximum atomic E-state index is 13.7. The van der Waals surface area contributed by atoms with Crippen molar-refractivity contribution < 1.29 is 23.8 Å². The molecule has 0 aromatic heterocycles. The van der Waals surface area contributed by atoms with Crippen molar-refractivity contribution in [2.45, 2.75) is 24.3 Å². The van der Waals surface area contributed by atoms with E-state index in [1.807, 2.05) is 36.4 Å². The van der Waals surface area contributed by atoms with Crippen molar-refractivity contribution in [3.8, 4) is 11.1 Å². The number of benzene rings is 3. The van der Waals surface area contributed by atoms with E-state index >= 15 is 0 Å². The van der Waals surface area contributed by atoms with Crippen LogP contribution in [0.15, 0.2) is 66.7 Å². The maximum Gasteiger partial charge on any atom is 0.410 e. The van der Waals surface area contributed by atoms with E-state index in [2.05, 4.69) is 12.1 Å². The first-order chi connectivity index (χ1) is 15.4. The van der Waals surface area contributed by atoms with Gasteiger partial charge in [0.2, 0.25) is 0 Å². The molecule has 0 fully saturated rings. The van der Waals surface area contributed by atoms with Crippen LogP contribution in [0.4, 0.5) is 9.18 Å². The summed E-state index contributed by atoms with van der Waals surface area (Å²) in [6, 6.07) is 20.1. The van der Waals surface area contributed by atoms with Gasteiger partial charge in [-0.05, 0) is 58.4 Å². The molecule has 2 aliphatic rings. The summed E-state index contributed by atoms with van der Waals surface area (Å²) in [5.74, 6) is -1.70. The SMILES string of the molecule is CN(C(=O)OCC1c2ccccc2-c2ccccc21)C1(C(=O)O)CCc2cc(F)ccc21. The largest absolute Gasteiger partial charge is 0.479 e. The molecule has 32 heavy (non-hydrogen) atoms. The fraction of sp³-hybridized carbons (Fsp3) is 0.231. The first-order valence-corrected chi connectivity index (χ1v) is 10.5. The number of halogens is 1. The summed E-state index contributed by atoms with van der Waals surface area (Å²) in [6.45, 7) is 0.100. The zero-order valence-electron chi connectivity index (χ0n) is 17.5. The number of hydrogen-bond donors (Lipinski definition) is 1. The van der Waals surface area contributed by atoms with Gasteiger partial charge in [0.25, 0.3) is 0 Å². The monoisotopic (exact) mass is 431 g/mol. The maximum absolute atomic E-state index is 13.7. The average Bonchev–Trinajstić information content (AvgIpc) is 3.33. The van der Waals surface area contributed by atoms with Gasteiger partial charge in [-0.15, -0.1) is 0 Å². The number of ether oxygens (including phenoxy) is 1. The van der Waals surface area contributed by atoms with Gasteiger partial charge in [-0.3, -0.25) is 4.90 Å². The van der Waals surface area contributed by atoms with Crippen LogP contribution in [-0.2, 0) is 21.5 Å². The van der Waals surface area contributed by atoms with Gasteiger partial charge in [0.05, 0.1) is 0 Å². The van der Waals surface area contributed by atoms with E-state index in [9.17, 15) is 19.1 Å². The molecule has 0 radical (unpaired) electrons. The minimum absolute atomic E-state index is 0.100. The van der Waals surface area contributed by atoms with E-state index in [-0.39, 0.29) is 18.9 Å². The van der Waals surface area contributed by atoms with Crippen molar-refractivity contribution in [3.63, 3.8) is 0 Å². The van der Waals surface area contributed by atoms with Gasteiger partial charge in [0, 0.05) is 13.0 Å². The number of aliphatic carboxylic acids is 1. The number of hydrogen-bond acceptors (Lipinski definition) is 3. The fourth-order valence-corrected chi connectivity index (χ4v) is 5.18. The first-order valence-electron chi connectivity index (χ1n) is 10.5. The lowest BCUT2D eigenvalue weighted by Gasteiger charge is -2.35. The zero-order chi connectivity index (χ0) is 22.5. The van der Waals surface area contributed by atoms with Crippen molar-refractivity contribution in [2.24, 2.45) is 0 Å². The molecule has 162 valence electrons. The molecule has 0 spiro atoms. The van der Waals surface area contributed by atoms with Gasteiger partial charge >= 0.3 is 12.1 Å². The second-order valence-corrected chi connectivity index (χ2v) is 8.33. The molecule has 1 unspecified atom stereocenters. The van der Waals surface area contributed by atoms with Crippen molar-refractivity contribution in [1.82, 2.24) is 4.90 Å². The standard InChI is InChI=1S/C26H22FNO4/c1-28(26(24(29)30)13-12-16-14-17(27)10-11-23(16)26)25(31)32-15-22-20-8-4-2-6-18(20)19-7-3-5-9-21(19)22/h2-11,14,22H,12-13,15H2,1H3,(H,29,30). The number of carbonyl (C=O) groups excluding carboxylic acids is 1. The Bertz CT molecular complexity index is 1190. The summed E-state index contributed by atoms with van der Waals surface area (Å²) in [5, 5.41) is 10.1. The van der Waals surface area contributed by atoms with Crippen molar-refractivity contribution in [3.05, 3.63) is 94.8 Å². The topological polar surface area (TPSA) is 66.8 Å². The summed E-state index contributed by atoms with van der Waals surface area (Å²) in [5.41, 5.74) is 3.86. The predicted molar refractivity (Wildman–Crippen MR) is 117 cm³/mol. The number of rotatable bonds is 4. The summed E-state index contributed by atoms with van der Waals surface area (Å²) in [6.07, 6.45) is -0.172. The molecule has 5 rings (SSSR count). The number of aryl methyl sites for hydroxylation is 1. The third-order valence-corrected chi connectivity index (χ3v) is 6.81. The van der Waals surface area contributed by atoms with Gasteiger partial charge in [-0.1, -0.05) is 54.6 Å². The number of likely N-dealkylation sites (N-methyl/N-ethyl adjacent to an activating group) is 1. The lowest BCUT2D eigenvalue weighted by Crippen LogP contribution is -2.51. The third kappa shape index (κ3) is 2.90. The highest BCUT2D eigenvalue weighted by atomic mass is 19.1. The Hall–Kier alpha value is -3.67. The van der Waals surface area contributed by atoms with E-state index in [4.69, 9.17) is 4.74 Å². The van der Waals surface area contributed by atoms with Crippen LogP contribution in [0, 0.1) is 5.82 Å². The quantitative estimate of drug-likeness (QED) is 0.636. The van der Waals surface area contributed by atoms with Gasteiger partial charge < -0.3 is 9.84 Å². The average molecular weight is 431 g/mol. The number of amides is 1. The van der Waals surface area contributed by atoms with Crippen LogP contribution in [0.25, 0.3) is 11.1 Å². The molecule has 0 bridgehead atoms. The second-order valence-electron chi connectivity index (χ2n) is 8.33. The summed E-state index contributed by atoms with van der Waals surface area (Å²) >= 11 is 0. The minimum atomic E-state index is -1.58. The molecule has 3 aromatic rings. The number of nitrogens with zero attached hydrogens (tertiary/aromatic N) is 1. The molecule has 1 N–H and O–H groups in total. The highest BCUT2D eigenvalue weighted by molar-refractivity contribution is 5.87. The van der Waals surface area contributed by atoms with Crippen LogP contribution in [0.3, 0.4) is 0 Å². The first kappa shape index (κ1) is 20.2. The molecule has 2 aliphatic carbocycles. The Morgan fingerprint density at radius 3 is 2.31 bits per heavy atom. The molecular formula is C26H22FNO4. The van der Waals surface area contributed by atoms with E-state index in [1.54, 1.807) is 0 Å². The van der Waals surface area contributed by atoms with Crippen LogP contribution >= 0.6 is 0 Å². The van der Waals surface area contributed by atoms with Crippen LogP contribution in [-0.4, -0.2) is 35.7 Å². The molecule has 0 saturated heterocycles. The lowest BCUT2D eigenvalue weighted by atomic mass is 9.90. The number of fused-ring (bicyclic) bond motifs is 4. The Morgan fingerprint density at radius 1 is 1.06 bits per heavy atom. The van der Waals surface area contributed by atoms with Crippen LogP contribution in [0.2, 0.25) is 0 Å². The summed E-state index contributed by atoms with van der Waals surface area (Å²) in [7, 11) is 1.44. The second kappa shape index (κ2) is 7.48. The van der Waals surface area contributed by atoms with E-state index < -0.39 is 23.4 Å². The number of carboxylic acid groups (broad SMARTS) is 1. The molecule has 1 amide bonds. The van der Waals surface area contributed by atoms with E-state index in [0.29, 0.717) is 17.5 Å². The number of carbonyl (C=O) groups is 2. The highest BCUT2D eigenvalue weighted by Gasteiger charge is 2.51. The fourth-order valence-electron chi connectivity index (χ4n) is 5.18. The molecular weight excluding hydrogens is 409 g/mol. The molecule has 0 saturated carbocycles. The molecule has 1 atom stereocenters. The van der Waals surface area contributed by atoms with Crippen molar-refractivity contribution in [2.75, 3.05) is 13.7 Å². The molecule has 6 heteroatoms. The number of carboxylic acids is 1. The van der Waals surface area contributed by atoms with Gasteiger partial charge in [-0.2, -0.15) is 0 Å². The van der Waals surface area contributed by atoms with Crippen LogP contribution in [0.5, 0.6) is 0 Å². The van der Waals surface area contributed by atoms with Gasteiger partial charge in [0.1, 0.15) is 12.4 Å². The third-order valence-electron chi connectivity index (χ3n) is 6.81. The van der Waals surface area contributed by atoms with Crippen LogP contribution < -0.4 is 0 Å². The minimum Gasteiger partial charge on any atom is -0.479 e. The Balaban J connectivity index is 1.41. The Labute approximate surface area is 185 Å². The molecule has 0 heterocycles. The predicted octanol–water partition coefficient (Wildman–Crippen LogP) is 4.93. The van der Waals surface area contributed by atoms with Gasteiger partial charge in [0.15, 0.2) is 5.54 Å². The highest BCUT2D eigenvalue weighted by Crippen LogP contribution is 2.45. The van der Waals surface area contributed by atoms with E-state index in [0.717, 1.165) is 27.2 Å². The Kier molecular flexibility index (Phi) is 4.73. The zero-order valence-corrected chi connectivity index (χ0v) is 17.5. The Morgan fingerprint density at radius 2 is 1.69 bits per heavy atom. The summed E-state index contributed by atoms with van der Waals surface area (Å²) in [4.78, 5) is 26.6. The van der Waals surface area contributed by atoms with Crippen molar-refractivity contribution in [1.29, 1.82) is 0 Å². The normalized spacial score (nSPS) is 18.6. The van der Waals surface area contributed by atoms with Gasteiger partial charge in [-0.25, -0.2) is 14.0 Å².